The standard InChI is InChI=1S/C15H20O5/c1-19-15-11-12(6-7-14(15)18)13(17)5-2-3-9-20-10-4-8-16/h4,6-7,10-11,16,18H,2-3,5,8-9H2,1H3. The molecule has 0 amide bonds. The third-order valence-electron chi connectivity index (χ3n) is 2.72. The smallest absolute Gasteiger partial charge is 0.163 e. The number of unbranched alkanes of at least 4 members (excludes halogenated alkanes) is 1. The van der Waals surface area contributed by atoms with Crippen LogP contribution in [0.15, 0.2) is 30.5 Å². The summed E-state index contributed by atoms with van der Waals surface area (Å²) in [6.45, 7) is 0.476. The number of aromatic hydroxyl groups is 1. The number of aliphatic hydroxyl groups is 1. The van der Waals surface area contributed by atoms with Gasteiger partial charge in [-0.1, -0.05) is 0 Å². The van der Waals surface area contributed by atoms with Crippen LogP contribution in [0.5, 0.6) is 11.5 Å². The van der Waals surface area contributed by atoms with E-state index >= 15 is 0 Å². The lowest BCUT2D eigenvalue weighted by Crippen LogP contribution is -2.00. The molecule has 0 spiro atoms. The first-order valence-electron chi connectivity index (χ1n) is 6.46. The number of ketones is 1. The first-order valence-corrected chi connectivity index (χ1v) is 6.46. The molecule has 0 radical (unpaired) electrons. The molecule has 0 saturated carbocycles. The molecule has 1 aromatic rings. The molecule has 0 aromatic heterocycles. The number of ether oxygens (including phenoxy) is 2. The van der Waals surface area contributed by atoms with Crippen LogP contribution in [0.25, 0.3) is 0 Å². The summed E-state index contributed by atoms with van der Waals surface area (Å²) in [5, 5.41) is 17.9. The number of Topliss-reactive ketones (excluding diaryl/α,β-unsaturated/α-hetero) is 1. The zero-order chi connectivity index (χ0) is 14.8. The van der Waals surface area contributed by atoms with Gasteiger partial charge in [-0.15, -0.1) is 0 Å². The van der Waals surface area contributed by atoms with Crippen LogP contribution in [0.2, 0.25) is 0 Å². The van der Waals surface area contributed by atoms with Gasteiger partial charge in [0.15, 0.2) is 17.3 Å². The molecule has 0 aliphatic heterocycles. The lowest BCUT2D eigenvalue weighted by molar-refractivity contribution is 0.0976. The Morgan fingerprint density at radius 1 is 1.35 bits per heavy atom. The number of phenolic OH excluding ortho intramolecular Hbond substituents is 1. The third kappa shape index (κ3) is 5.32. The summed E-state index contributed by atoms with van der Waals surface area (Å²) >= 11 is 0. The summed E-state index contributed by atoms with van der Waals surface area (Å²) in [6.07, 6.45) is 4.85. The van der Waals surface area contributed by atoms with Crippen molar-refractivity contribution >= 4 is 5.78 Å². The minimum absolute atomic E-state index is 0.00852. The van der Waals surface area contributed by atoms with E-state index in [-0.39, 0.29) is 18.1 Å². The second-order valence-electron chi connectivity index (χ2n) is 4.19. The molecular weight excluding hydrogens is 260 g/mol. The van der Waals surface area contributed by atoms with Gasteiger partial charge in [0.25, 0.3) is 0 Å². The summed E-state index contributed by atoms with van der Waals surface area (Å²) in [7, 11) is 1.44. The number of aliphatic hydroxyl groups excluding tert-OH is 1. The van der Waals surface area contributed by atoms with Crippen molar-refractivity contribution in [1.82, 2.24) is 0 Å². The molecule has 110 valence electrons. The maximum atomic E-state index is 11.9. The first-order chi connectivity index (χ1) is 9.69. The number of phenols is 1. The second-order valence-corrected chi connectivity index (χ2v) is 4.19. The van der Waals surface area contributed by atoms with Crippen molar-refractivity contribution < 1.29 is 24.5 Å². The Labute approximate surface area is 118 Å². The monoisotopic (exact) mass is 280 g/mol. The van der Waals surface area contributed by atoms with Crippen LogP contribution >= 0.6 is 0 Å². The fourth-order valence-corrected chi connectivity index (χ4v) is 1.65. The molecule has 0 aliphatic rings. The van der Waals surface area contributed by atoms with Gasteiger partial charge in [0.1, 0.15) is 0 Å². The van der Waals surface area contributed by atoms with Gasteiger partial charge >= 0.3 is 0 Å². The molecular formula is C15H20O5. The lowest BCUT2D eigenvalue weighted by atomic mass is 10.1. The van der Waals surface area contributed by atoms with Gasteiger partial charge in [0.2, 0.25) is 0 Å². The number of methoxy groups -OCH3 is 1. The molecule has 0 saturated heterocycles. The normalized spacial score (nSPS) is 10.7. The van der Waals surface area contributed by atoms with E-state index in [0.717, 1.165) is 12.8 Å². The summed E-state index contributed by atoms with van der Waals surface area (Å²) in [6, 6.07) is 4.58. The summed E-state index contributed by atoms with van der Waals surface area (Å²) < 4.78 is 10.1. The molecule has 1 aromatic carbocycles. The van der Waals surface area contributed by atoms with Crippen molar-refractivity contribution in [2.24, 2.45) is 0 Å². The predicted molar refractivity (Wildman–Crippen MR) is 75.0 cm³/mol. The van der Waals surface area contributed by atoms with Crippen molar-refractivity contribution in [3.8, 4) is 11.5 Å². The zero-order valence-electron chi connectivity index (χ0n) is 11.5. The van der Waals surface area contributed by atoms with Gasteiger partial charge in [-0.2, -0.15) is 0 Å². The van der Waals surface area contributed by atoms with E-state index in [2.05, 4.69) is 0 Å². The number of rotatable bonds is 9. The highest BCUT2D eigenvalue weighted by atomic mass is 16.5. The van der Waals surface area contributed by atoms with Gasteiger partial charge in [-0.25, -0.2) is 0 Å². The minimum atomic E-state index is -0.0405. The number of carbonyl (C=O) groups excluding carboxylic acids is 1. The van der Waals surface area contributed by atoms with Crippen molar-refractivity contribution in [2.45, 2.75) is 19.3 Å². The highest BCUT2D eigenvalue weighted by Gasteiger charge is 2.09. The van der Waals surface area contributed by atoms with E-state index in [9.17, 15) is 9.90 Å². The highest BCUT2D eigenvalue weighted by molar-refractivity contribution is 5.96. The van der Waals surface area contributed by atoms with Crippen LogP contribution in [0.1, 0.15) is 29.6 Å². The van der Waals surface area contributed by atoms with E-state index < -0.39 is 0 Å². The van der Waals surface area contributed by atoms with Crippen LogP contribution < -0.4 is 4.74 Å². The van der Waals surface area contributed by atoms with E-state index in [4.69, 9.17) is 14.6 Å². The highest BCUT2D eigenvalue weighted by Crippen LogP contribution is 2.26. The van der Waals surface area contributed by atoms with E-state index in [1.54, 1.807) is 6.07 Å². The summed E-state index contributed by atoms with van der Waals surface area (Å²) in [5.41, 5.74) is 0.528. The summed E-state index contributed by atoms with van der Waals surface area (Å²) in [4.78, 5) is 11.9. The summed E-state index contributed by atoms with van der Waals surface area (Å²) in [5.74, 6) is 0.329. The average molecular weight is 280 g/mol. The van der Waals surface area contributed by atoms with Gasteiger partial charge in [0.05, 0.1) is 26.6 Å². The molecule has 20 heavy (non-hydrogen) atoms. The minimum Gasteiger partial charge on any atom is -0.504 e. The Balaban J connectivity index is 2.34. The lowest BCUT2D eigenvalue weighted by Gasteiger charge is -2.06. The SMILES string of the molecule is COc1cc(C(=O)CCCCOC=CCO)ccc1O. The van der Waals surface area contributed by atoms with Crippen molar-refractivity contribution in [1.29, 1.82) is 0 Å². The van der Waals surface area contributed by atoms with Crippen molar-refractivity contribution in [3.05, 3.63) is 36.1 Å². The van der Waals surface area contributed by atoms with Gasteiger partial charge < -0.3 is 19.7 Å². The Hall–Kier alpha value is -2.01. The molecule has 0 heterocycles. The maximum Gasteiger partial charge on any atom is 0.163 e. The topological polar surface area (TPSA) is 76.0 Å². The Morgan fingerprint density at radius 2 is 2.15 bits per heavy atom. The fraction of sp³-hybridized carbons (Fsp3) is 0.400. The molecule has 1 rings (SSSR count). The molecule has 5 heteroatoms. The first kappa shape index (κ1) is 16.0. The second kappa shape index (κ2) is 8.98. The van der Waals surface area contributed by atoms with Gasteiger partial charge in [-0.05, 0) is 37.1 Å². The Kier molecular flexibility index (Phi) is 7.21. The van der Waals surface area contributed by atoms with Crippen molar-refractivity contribution in [2.75, 3.05) is 20.3 Å². The van der Waals surface area contributed by atoms with Crippen molar-refractivity contribution in [3.63, 3.8) is 0 Å². The van der Waals surface area contributed by atoms with Gasteiger partial charge in [-0.3, -0.25) is 4.79 Å². The van der Waals surface area contributed by atoms with Crippen LogP contribution in [-0.2, 0) is 4.74 Å². The molecule has 0 fully saturated rings. The van der Waals surface area contributed by atoms with Crippen LogP contribution in [-0.4, -0.2) is 36.3 Å². The number of hydrogen-bond acceptors (Lipinski definition) is 5. The Morgan fingerprint density at radius 3 is 2.85 bits per heavy atom. The third-order valence-corrected chi connectivity index (χ3v) is 2.72. The van der Waals surface area contributed by atoms with E-state index in [1.165, 1.54) is 31.6 Å². The van der Waals surface area contributed by atoms with Crippen LogP contribution in [0.4, 0.5) is 0 Å². The average Bonchev–Trinajstić information content (AvgIpc) is 2.46. The molecule has 0 atom stereocenters. The number of carbonyl (C=O) groups is 1. The molecule has 0 bridgehead atoms. The van der Waals surface area contributed by atoms with E-state index in [0.29, 0.717) is 24.3 Å². The zero-order valence-corrected chi connectivity index (χ0v) is 11.5. The number of hydrogen-bond donors (Lipinski definition) is 2. The maximum absolute atomic E-state index is 11.9. The fourth-order valence-electron chi connectivity index (χ4n) is 1.65. The Bertz CT molecular complexity index is 454. The number of benzene rings is 1. The molecule has 0 aliphatic carbocycles. The van der Waals surface area contributed by atoms with Crippen LogP contribution in [0, 0.1) is 0 Å². The molecule has 5 nitrogen and oxygen atoms in total. The van der Waals surface area contributed by atoms with Gasteiger partial charge in [0, 0.05) is 12.0 Å². The van der Waals surface area contributed by atoms with Crippen LogP contribution in [0.3, 0.4) is 0 Å². The quantitative estimate of drug-likeness (QED) is 0.412. The van der Waals surface area contributed by atoms with E-state index in [1.807, 2.05) is 0 Å². The molecule has 2 N–H and O–H groups in total. The largest absolute Gasteiger partial charge is 0.504 e. The molecule has 0 unspecified atom stereocenters. The predicted octanol–water partition coefficient (Wildman–Crippen LogP) is 2.28.